The minimum atomic E-state index is -3.52. The van der Waals surface area contributed by atoms with Gasteiger partial charge in [-0.05, 0) is 53.4 Å². The van der Waals surface area contributed by atoms with Crippen molar-refractivity contribution in [1.29, 1.82) is 0 Å². The highest BCUT2D eigenvalue weighted by molar-refractivity contribution is 9.10. The zero-order chi connectivity index (χ0) is 13.8. The molecule has 0 aliphatic rings. The molecule has 1 rings (SSSR count). The first-order valence-corrected chi connectivity index (χ1v) is 8.08. The van der Waals surface area contributed by atoms with Crippen LogP contribution in [0, 0.1) is 6.92 Å². The summed E-state index contributed by atoms with van der Waals surface area (Å²) in [6.07, 6.45) is 0.573. The van der Waals surface area contributed by atoms with Crippen molar-refractivity contribution in [3.8, 4) is 0 Å². The molecule has 0 heterocycles. The molecule has 0 aliphatic carbocycles. The fraction of sp³-hybridized carbons (Fsp3) is 0.500. The normalized spacial score (nSPS) is 13.6. The molecule has 1 aromatic carbocycles. The van der Waals surface area contributed by atoms with Crippen LogP contribution in [0.3, 0.4) is 0 Å². The highest BCUT2D eigenvalue weighted by Gasteiger charge is 2.17. The minimum Gasteiger partial charge on any atom is -0.393 e. The van der Waals surface area contributed by atoms with Crippen LogP contribution in [0.15, 0.2) is 27.6 Å². The molecule has 0 spiro atoms. The van der Waals surface area contributed by atoms with Crippen molar-refractivity contribution in [2.75, 3.05) is 6.54 Å². The summed E-state index contributed by atoms with van der Waals surface area (Å²) in [6, 6.07) is 5.08. The van der Waals surface area contributed by atoms with E-state index in [1.165, 1.54) is 0 Å². The van der Waals surface area contributed by atoms with Crippen molar-refractivity contribution in [2.24, 2.45) is 0 Å². The van der Waals surface area contributed by atoms with Gasteiger partial charge in [0.2, 0.25) is 10.0 Å². The van der Waals surface area contributed by atoms with Crippen LogP contribution in [0.2, 0.25) is 0 Å². The molecular weight excluding hydrogens is 318 g/mol. The molecule has 4 nitrogen and oxygen atoms in total. The number of sulfonamides is 1. The van der Waals surface area contributed by atoms with Gasteiger partial charge in [0.25, 0.3) is 0 Å². The number of hydrogen-bond acceptors (Lipinski definition) is 3. The standard InChI is InChI=1S/C12H18BrNO3S/c1-3-10(15)6-7-14-18(16,17)12-5-4-9(2)8-11(12)13/h4-5,8,10,14-15H,3,6-7H2,1-2H3. The molecular formula is C12H18BrNO3S. The third-order valence-corrected chi connectivity index (χ3v) is 5.06. The van der Waals surface area contributed by atoms with Gasteiger partial charge in [0.1, 0.15) is 0 Å². The number of aryl methyl sites for hydroxylation is 1. The summed E-state index contributed by atoms with van der Waals surface area (Å²) in [6.45, 7) is 3.99. The summed E-state index contributed by atoms with van der Waals surface area (Å²) < 4.78 is 27.1. The second-order valence-electron chi connectivity index (χ2n) is 4.18. The number of halogens is 1. The SMILES string of the molecule is CCC(O)CCNS(=O)(=O)c1ccc(C)cc1Br. The average molecular weight is 336 g/mol. The predicted octanol–water partition coefficient (Wildman–Crippen LogP) is 2.20. The lowest BCUT2D eigenvalue weighted by Gasteiger charge is -2.11. The molecule has 6 heteroatoms. The molecule has 0 saturated heterocycles. The van der Waals surface area contributed by atoms with E-state index in [1.54, 1.807) is 18.2 Å². The number of benzene rings is 1. The monoisotopic (exact) mass is 335 g/mol. The van der Waals surface area contributed by atoms with Crippen molar-refractivity contribution in [2.45, 2.75) is 37.7 Å². The Hall–Kier alpha value is -0.430. The van der Waals surface area contributed by atoms with Gasteiger partial charge < -0.3 is 5.11 Å². The van der Waals surface area contributed by atoms with Crippen molar-refractivity contribution in [1.82, 2.24) is 4.72 Å². The lowest BCUT2D eigenvalue weighted by Crippen LogP contribution is -2.27. The second-order valence-corrected chi connectivity index (χ2v) is 6.77. The Bertz CT molecular complexity index is 502. The summed E-state index contributed by atoms with van der Waals surface area (Å²) in [7, 11) is -3.52. The molecule has 0 saturated carbocycles. The maximum absolute atomic E-state index is 12.0. The highest BCUT2D eigenvalue weighted by Crippen LogP contribution is 2.22. The molecule has 2 N–H and O–H groups in total. The molecule has 0 amide bonds. The molecule has 102 valence electrons. The van der Waals surface area contributed by atoms with Gasteiger partial charge in [-0.15, -0.1) is 0 Å². The minimum absolute atomic E-state index is 0.221. The lowest BCUT2D eigenvalue weighted by atomic mass is 10.2. The maximum atomic E-state index is 12.0. The van der Waals surface area contributed by atoms with Crippen molar-refractivity contribution in [3.05, 3.63) is 28.2 Å². The van der Waals surface area contributed by atoms with E-state index in [1.807, 2.05) is 13.8 Å². The van der Waals surface area contributed by atoms with Crippen LogP contribution in [-0.2, 0) is 10.0 Å². The van der Waals surface area contributed by atoms with E-state index in [2.05, 4.69) is 20.7 Å². The van der Waals surface area contributed by atoms with Crippen LogP contribution in [-0.4, -0.2) is 26.2 Å². The van der Waals surface area contributed by atoms with Gasteiger partial charge in [0.05, 0.1) is 11.0 Å². The van der Waals surface area contributed by atoms with Crippen molar-refractivity contribution < 1.29 is 13.5 Å². The maximum Gasteiger partial charge on any atom is 0.241 e. The number of aliphatic hydroxyl groups excluding tert-OH is 1. The largest absolute Gasteiger partial charge is 0.393 e. The van der Waals surface area contributed by atoms with Gasteiger partial charge in [0, 0.05) is 11.0 Å². The van der Waals surface area contributed by atoms with Gasteiger partial charge in [-0.1, -0.05) is 13.0 Å². The van der Waals surface area contributed by atoms with Crippen LogP contribution in [0.5, 0.6) is 0 Å². The Labute approximate surface area is 117 Å². The smallest absolute Gasteiger partial charge is 0.241 e. The van der Waals surface area contributed by atoms with Crippen LogP contribution < -0.4 is 4.72 Å². The zero-order valence-electron chi connectivity index (χ0n) is 10.5. The molecule has 0 aliphatic heterocycles. The molecule has 0 radical (unpaired) electrons. The Morgan fingerprint density at radius 3 is 2.67 bits per heavy atom. The van der Waals surface area contributed by atoms with Gasteiger partial charge >= 0.3 is 0 Å². The average Bonchev–Trinajstić information content (AvgIpc) is 2.27. The van der Waals surface area contributed by atoms with Crippen molar-refractivity contribution >= 4 is 26.0 Å². The molecule has 1 aromatic rings. The van der Waals surface area contributed by atoms with E-state index < -0.39 is 16.1 Å². The van der Waals surface area contributed by atoms with E-state index in [4.69, 9.17) is 0 Å². The van der Waals surface area contributed by atoms with Crippen LogP contribution in [0.1, 0.15) is 25.3 Å². The van der Waals surface area contributed by atoms with Gasteiger partial charge in [0.15, 0.2) is 0 Å². The highest BCUT2D eigenvalue weighted by atomic mass is 79.9. The van der Waals surface area contributed by atoms with E-state index in [-0.39, 0.29) is 11.4 Å². The first-order chi connectivity index (χ1) is 8.36. The molecule has 0 fully saturated rings. The summed E-state index contributed by atoms with van der Waals surface area (Å²) in [5, 5.41) is 9.37. The number of nitrogens with one attached hydrogen (secondary N) is 1. The van der Waals surface area contributed by atoms with E-state index in [9.17, 15) is 13.5 Å². The molecule has 0 bridgehead atoms. The van der Waals surface area contributed by atoms with Crippen LogP contribution in [0.4, 0.5) is 0 Å². The first-order valence-electron chi connectivity index (χ1n) is 5.80. The Morgan fingerprint density at radius 2 is 2.11 bits per heavy atom. The molecule has 18 heavy (non-hydrogen) atoms. The number of hydrogen-bond donors (Lipinski definition) is 2. The van der Waals surface area contributed by atoms with E-state index >= 15 is 0 Å². The Balaban J connectivity index is 2.74. The van der Waals surface area contributed by atoms with Gasteiger partial charge in [-0.25, -0.2) is 13.1 Å². The van der Waals surface area contributed by atoms with Crippen LogP contribution >= 0.6 is 15.9 Å². The summed E-state index contributed by atoms with van der Waals surface area (Å²) in [5.74, 6) is 0. The third-order valence-electron chi connectivity index (χ3n) is 2.62. The lowest BCUT2D eigenvalue weighted by molar-refractivity contribution is 0.162. The molecule has 1 atom stereocenters. The van der Waals surface area contributed by atoms with Crippen molar-refractivity contribution in [3.63, 3.8) is 0 Å². The zero-order valence-corrected chi connectivity index (χ0v) is 12.9. The summed E-state index contributed by atoms with van der Waals surface area (Å²) >= 11 is 3.25. The Morgan fingerprint density at radius 1 is 1.44 bits per heavy atom. The van der Waals surface area contributed by atoms with Crippen LogP contribution in [0.25, 0.3) is 0 Å². The summed E-state index contributed by atoms with van der Waals surface area (Å²) in [4.78, 5) is 0.221. The third kappa shape index (κ3) is 4.35. The predicted molar refractivity (Wildman–Crippen MR) is 75.0 cm³/mol. The van der Waals surface area contributed by atoms with E-state index in [0.717, 1.165) is 5.56 Å². The topological polar surface area (TPSA) is 66.4 Å². The number of aliphatic hydroxyl groups is 1. The quantitative estimate of drug-likeness (QED) is 0.837. The fourth-order valence-corrected chi connectivity index (χ4v) is 3.70. The molecule has 1 unspecified atom stereocenters. The van der Waals surface area contributed by atoms with Gasteiger partial charge in [-0.2, -0.15) is 0 Å². The Kier molecular flexibility index (Phi) is 5.78. The summed E-state index contributed by atoms with van der Waals surface area (Å²) in [5.41, 5.74) is 0.988. The van der Waals surface area contributed by atoms with E-state index in [0.29, 0.717) is 17.3 Å². The number of rotatable bonds is 6. The first kappa shape index (κ1) is 15.6. The molecule has 0 aromatic heterocycles. The second kappa shape index (κ2) is 6.65. The van der Waals surface area contributed by atoms with Gasteiger partial charge in [-0.3, -0.25) is 0 Å². The fourth-order valence-electron chi connectivity index (χ4n) is 1.47.